The maximum atomic E-state index is 13.5. The van der Waals surface area contributed by atoms with Gasteiger partial charge in [0.05, 0.1) is 5.69 Å². The molecule has 4 aromatic rings. The predicted molar refractivity (Wildman–Crippen MR) is 143 cm³/mol. The number of rotatable bonds is 7. The van der Waals surface area contributed by atoms with Crippen LogP contribution in [0.4, 0.5) is 21.2 Å². The van der Waals surface area contributed by atoms with E-state index in [2.05, 4.69) is 11.4 Å². The minimum atomic E-state index is -1.03. The fourth-order valence-electron chi connectivity index (χ4n) is 4.61. The molecule has 1 aliphatic rings. The SMILES string of the molecule is CCc1nc2ccc(N3CCC(O)(CNC(C)=O)C3)nn2c1N(C)c1nc(-c2ccc(F)cc2)c(C#N)s1. The van der Waals surface area contributed by atoms with E-state index in [4.69, 9.17) is 15.1 Å². The molecule has 1 fully saturated rings. The number of aryl methyl sites for hydroxylation is 1. The number of nitrogens with one attached hydrogen (secondary N) is 1. The Hall–Kier alpha value is -4.08. The van der Waals surface area contributed by atoms with E-state index >= 15 is 0 Å². The molecular formula is C26H27FN8O2S. The van der Waals surface area contributed by atoms with Crippen LogP contribution in [0, 0.1) is 17.1 Å². The smallest absolute Gasteiger partial charge is 0.216 e. The second kappa shape index (κ2) is 10.00. The Balaban J connectivity index is 1.50. The van der Waals surface area contributed by atoms with Crippen LogP contribution in [-0.2, 0) is 11.2 Å². The number of anilines is 3. The molecule has 0 aliphatic carbocycles. The molecule has 0 bridgehead atoms. The van der Waals surface area contributed by atoms with Crippen LogP contribution in [0.15, 0.2) is 36.4 Å². The number of carbonyl (C=O) groups is 1. The summed E-state index contributed by atoms with van der Waals surface area (Å²) >= 11 is 1.24. The Bertz CT molecular complexity index is 1540. The number of imidazole rings is 1. The number of halogens is 1. The zero-order valence-electron chi connectivity index (χ0n) is 21.3. The highest BCUT2D eigenvalue weighted by atomic mass is 32.1. The number of benzene rings is 1. The second-order valence-electron chi connectivity index (χ2n) is 9.35. The molecule has 1 amide bonds. The summed E-state index contributed by atoms with van der Waals surface area (Å²) in [7, 11) is 1.85. The van der Waals surface area contributed by atoms with Crippen LogP contribution in [-0.4, -0.2) is 62.9 Å². The monoisotopic (exact) mass is 534 g/mol. The predicted octanol–water partition coefficient (Wildman–Crippen LogP) is 3.27. The lowest BCUT2D eigenvalue weighted by molar-refractivity contribution is -0.120. The molecule has 10 nitrogen and oxygen atoms in total. The molecule has 4 heterocycles. The van der Waals surface area contributed by atoms with E-state index < -0.39 is 5.60 Å². The van der Waals surface area contributed by atoms with E-state index in [-0.39, 0.29) is 18.3 Å². The maximum absolute atomic E-state index is 13.5. The van der Waals surface area contributed by atoms with Crippen molar-refractivity contribution in [3.8, 4) is 17.3 Å². The lowest BCUT2D eigenvalue weighted by Crippen LogP contribution is -2.44. The zero-order chi connectivity index (χ0) is 27.0. The largest absolute Gasteiger partial charge is 0.386 e. The third-order valence-corrected chi connectivity index (χ3v) is 7.64. The summed E-state index contributed by atoms with van der Waals surface area (Å²) in [6.45, 7) is 4.55. The van der Waals surface area contributed by atoms with Crippen molar-refractivity contribution >= 4 is 39.7 Å². The number of nitrogens with zero attached hydrogens (tertiary/aromatic N) is 7. The first-order valence-electron chi connectivity index (χ1n) is 12.2. The van der Waals surface area contributed by atoms with Crippen molar-refractivity contribution in [2.24, 2.45) is 0 Å². The molecule has 0 radical (unpaired) electrons. The molecule has 0 spiro atoms. The molecule has 1 unspecified atom stereocenters. The number of hydrogen-bond donors (Lipinski definition) is 2. The molecule has 12 heteroatoms. The van der Waals surface area contributed by atoms with Gasteiger partial charge in [-0.05, 0) is 49.2 Å². The van der Waals surface area contributed by atoms with E-state index in [1.807, 2.05) is 35.9 Å². The van der Waals surface area contributed by atoms with Gasteiger partial charge in [-0.2, -0.15) is 9.78 Å². The summed E-state index contributed by atoms with van der Waals surface area (Å²) in [5.41, 5.74) is 1.61. The lowest BCUT2D eigenvalue weighted by Gasteiger charge is -2.24. The molecule has 5 rings (SSSR count). The van der Waals surface area contributed by atoms with Crippen LogP contribution in [0.1, 0.15) is 30.8 Å². The molecular weight excluding hydrogens is 507 g/mol. The molecule has 3 aromatic heterocycles. The highest BCUT2D eigenvalue weighted by molar-refractivity contribution is 7.16. The van der Waals surface area contributed by atoms with Crippen molar-refractivity contribution in [2.45, 2.75) is 32.3 Å². The highest BCUT2D eigenvalue weighted by Gasteiger charge is 2.37. The maximum Gasteiger partial charge on any atom is 0.216 e. The Labute approximate surface area is 223 Å². The van der Waals surface area contributed by atoms with Crippen LogP contribution in [0.2, 0.25) is 0 Å². The summed E-state index contributed by atoms with van der Waals surface area (Å²) in [5, 5.41) is 28.8. The van der Waals surface area contributed by atoms with E-state index in [1.165, 1.54) is 30.4 Å². The van der Waals surface area contributed by atoms with Crippen molar-refractivity contribution in [1.29, 1.82) is 5.26 Å². The van der Waals surface area contributed by atoms with E-state index in [1.54, 1.807) is 16.6 Å². The average Bonchev–Trinajstić information content (AvgIpc) is 3.62. The first-order valence-corrected chi connectivity index (χ1v) is 13.0. The fourth-order valence-corrected chi connectivity index (χ4v) is 5.46. The van der Waals surface area contributed by atoms with Crippen LogP contribution < -0.4 is 15.1 Å². The first-order chi connectivity index (χ1) is 18.2. The number of aliphatic hydroxyl groups is 1. The fraction of sp³-hybridized carbons (Fsp3) is 0.346. The van der Waals surface area contributed by atoms with Crippen molar-refractivity contribution in [3.05, 3.63) is 52.8 Å². The summed E-state index contributed by atoms with van der Waals surface area (Å²) < 4.78 is 15.2. The second-order valence-corrected chi connectivity index (χ2v) is 10.3. The Morgan fingerprint density at radius 1 is 1.29 bits per heavy atom. The van der Waals surface area contributed by atoms with E-state index in [0.29, 0.717) is 58.7 Å². The minimum Gasteiger partial charge on any atom is -0.386 e. The van der Waals surface area contributed by atoms with Crippen LogP contribution >= 0.6 is 11.3 Å². The van der Waals surface area contributed by atoms with Crippen LogP contribution in [0.5, 0.6) is 0 Å². The molecule has 1 atom stereocenters. The molecule has 2 N–H and O–H groups in total. The molecule has 38 heavy (non-hydrogen) atoms. The van der Waals surface area contributed by atoms with Crippen molar-refractivity contribution < 1.29 is 14.3 Å². The Morgan fingerprint density at radius 3 is 2.74 bits per heavy atom. The first kappa shape index (κ1) is 25.6. The van der Waals surface area contributed by atoms with Crippen molar-refractivity contribution in [2.75, 3.05) is 36.5 Å². The van der Waals surface area contributed by atoms with Gasteiger partial charge in [-0.15, -0.1) is 5.10 Å². The standard InChI is InChI=1S/C26H27FN8O2S/c1-4-19-24(33(3)25-31-23(20(13-28)38-25)17-5-7-18(27)8-6-17)35-21(30-19)9-10-22(32-35)34-12-11-26(37,15-34)14-29-16(2)36/h5-10,37H,4,11-12,14-15H2,1-3H3,(H,29,36). The normalized spacial score (nSPS) is 17.1. The number of amides is 1. The van der Waals surface area contributed by atoms with Gasteiger partial charge in [-0.1, -0.05) is 18.3 Å². The van der Waals surface area contributed by atoms with Gasteiger partial charge in [0.1, 0.15) is 33.9 Å². The van der Waals surface area contributed by atoms with Crippen molar-refractivity contribution in [1.82, 2.24) is 24.9 Å². The van der Waals surface area contributed by atoms with Gasteiger partial charge in [0.25, 0.3) is 0 Å². The highest BCUT2D eigenvalue weighted by Crippen LogP contribution is 2.37. The molecule has 1 saturated heterocycles. The molecule has 1 aliphatic heterocycles. The number of carbonyl (C=O) groups excluding carboxylic acids is 1. The van der Waals surface area contributed by atoms with Gasteiger partial charge in [0.2, 0.25) is 5.91 Å². The summed E-state index contributed by atoms with van der Waals surface area (Å²) in [5.74, 6) is 0.862. The summed E-state index contributed by atoms with van der Waals surface area (Å²) in [6, 6.07) is 11.9. The van der Waals surface area contributed by atoms with Gasteiger partial charge < -0.3 is 20.2 Å². The number of nitriles is 1. The van der Waals surface area contributed by atoms with Crippen LogP contribution in [0.3, 0.4) is 0 Å². The van der Waals surface area contributed by atoms with E-state index in [0.717, 1.165) is 11.5 Å². The Morgan fingerprint density at radius 2 is 2.05 bits per heavy atom. The number of thiazole rings is 1. The quantitative estimate of drug-likeness (QED) is 0.370. The zero-order valence-corrected chi connectivity index (χ0v) is 22.1. The topological polar surface area (TPSA) is 123 Å². The minimum absolute atomic E-state index is 0.182. The number of hydrogen-bond acceptors (Lipinski definition) is 9. The summed E-state index contributed by atoms with van der Waals surface area (Å²) in [6.07, 6.45) is 1.16. The van der Waals surface area contributed by atoms with E-state index in [9.17, 15) is 19.6 Å². The average molecular weight is 535 g/mol. The molecule has 0 saturated carbocycles. The van der Waals surface area contributed by atoms with Crippen molar-refractivity contribution in [3.63, 3.8) is 0 Å². The number of fused-ring (bicyclic) bond motifs is 1. The van der Waals surface area contributed by atoms with Gasteiger partial charge in [-0.25, -0.2) is 14.4 Å². The van der Waals surface area contributed by atoms with Gasteiger partial charge >= 0.3 is 0 Å². The number of aromatic nitrogens is 4. The number of β-amino-alcohol motifs (C(OH)–C–C–N with tert-alkyl or cyclic N) is 1. The third-order valence-electron chi connectivity index (χ3n) is 6.61. The molecule has 196 valence electrons. The molecule has 1 aromatic carbocycles. The Kier molecular flexibility index (Phi) is 6.73. The lowest BCUT2D eigenvalue weighted by atomic mass is 10.0. The summed E-state index contributed by atoms with van der Waals surface area (Å²) in [4.78, 5) is 25.1. The van der Waals surface area contributed by atoms with Gasteiger partial charge in [0.15, 0.2) is 16.6 Å². The third kappa shape index (κ3) is 4.78. The van der Waals surface area contributed by atoms with Gasteiger partial charge in [0, 0.05) is 39.2 Å². The van der Waals surface area contributed by atoms with Crippen LogP contribution in [0.25, 0.3) is 16.9 Å². The van der Waals surface area contributed by atoms with Gasteiger partial charge in [-0.3, -0.25) is 4.79 Å².